The van der Waals surface area contributed by atoms with Crippen molar-refractivity contribution in [2.75, 3.05) is 0 Å². The van der Waals surface area contributed by atoms with Crippen LogP contribution in [0.2, 0.25) is 13.1 Å². The summed E-state index contributed by atoms with van der Waals surface area (Å²) in [6.07, 6.45) is 6.85. The third-order valence-electron chi connectivity index (χ3n) is 5.94. The second-order valence-corrected chi connectivity index (χ2v) is 11.7. The summed E-state index contributed by atoms with van der Waals surface area (Å²) in [6, 6.07) is 18.7. The van der Waals surface area contributed by atoms with Crippen molar-refractivity contribution < 1.29 is 0 Å². The van der Waals surface area contributed by atoms with Crippen molar-refractivity contribution in [3.63, 3.8) is 0 Å². The zero-order chi connectivity index (χ0) is 14.5. The molecule has 1 aliphatic carbocycles. The van der Waals surface area contributed by atoms with Gasteiger partial charge in [0.1, 0.15) is 8.07 Å². The molecule has 1 spiro atoms. The first-order valence-corrected chi connectivity index (χ1v) is 11.4. The molecule has 0 bridgehead atoms. The second-order valence-electron chi connectivity index (χ2n) is 7.36. The van der Waals surface area contributed by atoms with Gasteiger partial charge in [0, 0.05) is 5.41 Å². The lowest BCUT2D eigenvalue weighted by Crippen LogP contribution is -2.63. The largest absolute Gasteiger partial charge is 0.113 e. The number of rotatable bonds is 0. The average molecular weight is 292 g/mol. The van der Waals surface area contributed by atoms with Crippen molar-refractivity contribution >= 4 is 18.4 Å². The van der Waals surface area contributed by atoms with Crippen LogP contribution < -0.4 is 10.4 Å². The van der Waals surface area contributed by atoms with Gasteiger partial charge in [-0.15, -0.1) is 0 Å². The number of benzene rings is 2. The Morgan fingerprint density at radius 1 is 0.714 bits per heavy atom. The molecule has 108 valence electrons. The van der Waals surface area contributed by atoms with E-state index in [0.29, 0.717) is 5.41 Å². The molecule has 4 rings (SSSR count). The van der Waals surface area contributed by atoms with Crippen molar-refractivity contribution in [3.8, 4) is 0 Å². The Morgan fingerprint density at radius 2 is 1.19 bits per heavy atom. The molecular formula is C20H24Si. The minimum Gasteiger partial charge on any atom is -0.0623 e. The third-order valence-corrected chi connectivity index (χ3v) is 9.50. The van der Waals surface area contributed by atoms with Gasteiger partial charge in [-0.2, -0.15) is 0 Å². The van der Waals surface area contributed by atoms with Crippen molar-refractivity contribution in [2.45, 2.75) is 50.6 Å². The maximum atomic E-state index is 2.53. The first kappa shape index (κ1) is 13.3. The van der Waals surface area contributed by atoms with E-state index in [1.54, 1.807) is 21.5 Å². The van der Waals surface area contributed by atoms with E-state index in [4.69, 9.17) is 0 Å². The molecule has 1 fully saturated rings. The Balaban J connectivity index is 2.06. The molecule has 0 aromatic heterocycles. The van der Waals surface area contributed by atoms with Crippen molar-refractivity contribution in [1.82, 2.24) is 0 Å². The van der Waals surface area contributed by atoms with Crippen LogP contribution in [0.1, 0.15) is 43.2 Å². The summed E-state index contributed by atoms with van der Waals surface area (Å²) in [5, 5.41) is 3.37. The van der Waals surface area contributed by atoms with Gasteiger partial charge in [0.2, 0.25) is 0 Å². The van der Waals surface area contributed by atoms with E-state index >= 15 is 0 Å². The Labute approximate surface area is 129 Å². The van der Waals surface area contributed by atoms with Crippen LogP contribution >= 0.6 is 0 Å². The molecule has 2 aliphatic rings. The topological polar surface area (TPSA) is 0 Å². The molecule has 1 saturated carbocycles. The van der Waals surface area contributed by atoms with Crippen molar-refractivity contribution in [1.29, 1.82) is 0 Å². The van der Waals surface area contributed by atoms with E-state index in [1.165, 1.54) is 32.1 Å². The van der Waals surface area contributed by atoms with Crippen molar-refractivity contribution in [2.24, 2.45) is 0 Å². The van der Waals surface area contributed by atoms with E-state index in [9.17, 15) is 0 Å². The summed E-state index contributed by atoms with van der Waals surface area (Å²) in [6.45, 7) is 5.06. The smallest absolute Gasteiger partial charge is 0.0623 e. The van der Waals surface area contributed by atoms with Gasteiger partial charge in [0.15, 0.2) is 0 Å². The Kier molecular flexibility index (Phi) is 2.90. The van der Waals surface area contributed by atoms with Crippen LogP contribution in [0, 0.1) is 0 Å². The van der Waals surface area contributed by atoms with Crippen LogP contribution in [-0.4, -0.2) is 8.07 Å². The predicted molar refractivity (Wildman–Crippen MR) is 93.5 cm³/mol. The minimum atomic E-state index is -1.54. The molecule has 0 amide bonds. The maximum Gasteiger partial charge on any atom is 0.113 e. The zero-order valence-electron chi connectivity index (χ0n) is 13.2. The van der Waals surface area contributed by atoms with Gasteiger partial charge < -0.3 is 0 Å². The van der Waals surface area contributed by atoms with Gasteiger partial charge in [0.25, 0.3) is 0 Å². The average Bonchev–Trinajstić information content (AvgIpc) is 2.55. The Bertz CT molecular complexity index is 626. The summed E-state index contributed by atoms with van der Waals surface area (Å²) in [7, 11) is -1.54. The van der Waals surface area contributed by atoms with Gasteiger partial charge >= 0.3 is 0 Å². The molecule has 0 nitrogen and oxygen atoms in total. The fourth-order valence-electron chi connectivity index (χ4n) is 4.88. The molecule has 0 atom stereocenters. The minimum absolute atomic E-state index is 0.313. The first-order valence-electron chi connectivity index (χ1n) is 8.36. The van der Waals surface area contributed by atoms with E-state index < -0.39 is 8.07 Å². The van der Waals surface area contributed by atoms with Gasteiger partial charge in [-0.25, -0.2) is 0 Å². The molecule has 0 N–H and O–H groups in total. The van der Waals surface area contributed by atoms with Crippen LogP contribution in [-0.2, 0) is 5.41 Å². The van der Waals surface area contributed by atoms with Gasteiger partial charge in [0.05, 0.1) is 0 Å². The highest BCUT2D eigenvalue weighted by atomic mass is 28.3. The summed E-state index contributed by atoms with van der Waals surface area (Å²) >= 11 is 0. The Morgan fingerprint density at radius 3 is 1.71 bits per heavy atom. The zero-order valence-corrected chi connectivity index (χ0v) is 14.2. The number of hydrogen-bond acceptors (Lipinski definition) is 0. The molecular weight excluding hydrogens is 268 g/mol. The summed E-state index contributed by atoms with van der Waals surface area (Å²) in [5.41, 5.74) is 3.65. The highest BCUT2D eigenvalue weighted by molar-refractivity contribution is 7.01. The summed E-state index contributed by atoms with van der Waals surface area (Å²) < 4.78 is 0. The quantitative estimate of drug-likeness (QED) is 0.642. The molecule has 0 unspecified atom stereocenters. The van der Waals surface area contributed by atoms with E-state index in [0.717, 1.165) is 0 Å². The van der Waals surface area contributed by atoms with Gasteiger partial charge in [-0.1, -0.05) is 91.3 Å². The van der Waals surface area contributed by atoms with Crippen LogP contribution in [0.3, 0.4) is 0 Å². The highest BCUT2D eigenvalue weighted by Gasteiger charge is 2.47. The predicted octanol–water partition coefficient (Wildman–Crippen LogP) is 4.07. The molecule has 0 radical (unpaired) electrons. The standard InChI is InChI=1S/C20H24Si/c1-21(2)18-12-6-4-10-16(18)20(14-8-3-9-15-20)17-11-5-7-13-19(17)21/h4-7,10-13H,3,8-9,14-15H2,1-2H3. The van der Waals surface area contributed by atoms with E-state index in [1.807, 2.05) is 0 Å². The van der Waals surface area contributed by atoms with E-state index in [2.05, 4.69) is 61.6 Å². The summed E-state index contributed by atoms with van der Waals surface area (Å²) in [5.74, 6) is 0. The van der Waals surface area contributed by atoms with Crippen LogP contribution in [0.5, 0.6) is 0 Å². The van der Waals surface area contributed by atoms with Gasteiger partial charge in [-0.3, -0.25) is 0 Å². The first-order chi connectivity index (χ1) is 10.2. The normalized spacial score (nSPS) is 21.6. The number of hydrogen-bond donors (Lipinski definition) is 0. The lowest BCUT2D eigenvalue weighted by atomic mass is 9.65. The third kappa shape index (κ3) is 1.73. The molecule has 1 heteroatoms. The monoisotopic (exact) mass is 292 g/mol. The van der Waals surface area contributed by atoms with Gasteiger partial charge in [-0.05, 0) is 24.0 Å². The van der Waals surface area contributed by atoms with Crippen LogP contribution in [0.25, 0.3) is 0 Å². The fourth-order valence-corrected chi connectivity index (χ4v) is 8.18. The molecule has 2 aromatic rings. The SMILES string of the molecule is C[Si]1(C)c2ccccc2C2(CCCCC2)c2ccccc21. The maximum absolute atomic E-state index is 2.53. The summed E-state index contributed by atoms with van der Waals surface area (Å²) in [4.78, 5) is 0. The van der Waals surface area contributed by atoms with Crippen molar-refractivity contribution in [3.05, 3.63) is 59.7 Å². The Hall–Kier alpha value is -1.34. The number of fused-ring (bicyclic) bond motifs is 4. The van der Waals surface area contributed by atoms with Crippen LogP contribution in [0.4, 0.5) is 0 Å². The molecule has 1 aliphatic heterocycles. The lowest BCUT2D eigenvalue weighted by molar-refractivity contribution is 0.347. The molecule has 0 saturated heterocycles. The molecule has 21 heavy (non-hydrogen) atoms. The lowest BCUT2D eigenvalue weighted by Gasteiger charge is -2.48. The highest BCUT2D eigenvalue weighted by Crippen LogP contribution is 2.46. The molecule has 1 heterocycles. The fraction of sp³-hybridized carbons (Fsp3) is 0.400. The van der Waals surface area contributed by atoms with Crippen LogP contribution in [0.15, 0.2) is 48.5 Å². The second kappa shape index (κ2) is 4.57. The van der Waals surface area contributed by atoms with E-state index in [-0.39, 0.29) is 0 Å². The molecule has 2 aromatic carbocycles.